The fraction of sp³-hybridized carbons (Fsp3) is 0.941. The van der Waals surface area contributed by atoms with Gasteiger partial charge in [0.25, 0.3) is 0 Å². The predicted molar refractivity (Wildman–Crippen MR) is 112 cm³/mol. The molecule has 0 amide bonds. The molecule has 1 saturated heterocycles. The normalized spacial score (nSPS) is 19.2. The van der Waals surface area contributed by atoms with Crippen molar-refractivity contribution in [1.29, 1.82) is 0 Å². The molecule has 1 rings (SSSR count). The minimum atomic E-state index is 0. The molecule has 0 aromatic rings. The van der Waals surface area contributed by atoms with E-state index >= 15 is 0 Å². The molecule has 2 N–H and O–H groups in total. The summed E-state index contributed by atoms with van der Waals surface area (Å²) in [7, 11) is 0. The number of ether oxygens (including phenoxy) is 2. The Balaban J connectivity index is 0.00000529. The molecule has 1 aliphatic heterocycles. The van der Waals surface area contributed by atoms with Crippen molar-refractivity contribution in [3.63, 3.8) is 0 Å². The summed E-state index contributed by atoms with van der Waals surface area (Å²) in [4.78, 5) is 7.15. The van der Waals surface area contributed by atoms with Crippen molar-refractivity contribution in [3.05, 3.63) is 0 Å². The van der Waals surface area contributed by atoms with Crippen LogP contribution in [0.2, 0.25) is 0 Å². The Bertz CT molecular complexity index is 330. The van der Waals surface area contributed by atoms with Gasteiger partial charge in [-0.3, -0.25) is 9.89 Å². The number of rotatable bonds is 10. The summed E-state index contributed by atoms with van der Waals surface area (Å²) in [6.45, 7) is 16.6. The Morgan fingerprint density at radius 1 is 1.33 bits per heavy atom. The van der Waals surface area contributed by atoms with Crippen LogP contribution in [0.15, 0.2) is 4.99 Å². The lowest BCUT2D eigenvalue weighted by atomic mass is 10.2. The molecule has 1 heterocycles. The molecule has 0 spiro atoms. The predicted octanol–water partition coefficient (Wildman–Crippen LogP) is 1.94. The van der Waals surface area contributed by atoms with Gasteiger partial charge in [0.2, 0.25) is 0 Å². The van der Waals surface area contributed by atoms with E-state index in [4.69, 9.17) is 9.47 Å². The van der Waals surface area contributed by atoms with E-state index < -0.39 is 0 Å². The summed E-state index contributed by atoms with van der Waals surface area (Å²) in [5.74, 6) is 1.56. The Hall–Kier alpha value is -0.120. The molecular weight excluding hydrogens is 419 g/mol. The quantitative estimate of drug-likeness (QED) is 0.228. The maximum absolute atomic E-state index is 5.85. The molecule has 1 unspecified atom stereocenters. The zero-order valence-corrected chi connectivity index (χ0v) is 18.2. The van der Waals surface area contributed by atoms with Crippen LogP contribution in [0, 0.1) is 5.92 Å². The Morgan fingerprint density at radius 2 is 2.12 bits per heavy atom. The van der Waals surface area contributed by atoms with Crippen LogP contribution in [0.1, 0.15) is 34.1 Å². The molecule has 0 saturated carbocycles. The van der Waals surface area contributed by atoms with Crippen LogP contribution in [0.3, 0.4) is 0 Å². The third kappa shape index (κ3) is 11.4. The van der Waals surface area contributed by atoms with Crippen molar-refractivity contribution in [2.45, 2.75) is 40.2 Å². The highest BCUT2D eigenvalue weighted by Crippen LogP contribution is 2.08. The van der Waals surface area contributed by atoms with Crippen LogP contribution in [-0.2, 0) is 9.47 Å². The van der Waals surface area contributed by atoms with Crippen LogP contribution in [-0.4, -0.2) is 76.1 Å². The first-order valence-corrected chi connectivity index (χ1v) is 9.09. The fourth-order valence-electron chi connectivity index (χ4n) is 2.63. The van der Waals surface area contributed by atoms with Crippen molar-refractivity contribution in [2.24, 2.45) is 10.9 Å². The smallest absolute Gasteiger partial charge is 0.191 e. The average Bonchev–Trinajstić information content (AvgIpc) is 2.52. The van der Waals surface area contributed by atoms with Gasteiger partial charge in [-0.25, -0.2) is 0 Å². The first-order chi connectivity index (χ1) is 11.2. The van der Waals surface area contributed by atoms with E-state index in [9.17, 15) is 0 Å². The van der Waals surface area contributed by atoms with Crippen LogP contribution in [0.25, 0.3) is 0 Å². The number of morpholine rings is 1. The minimum absolute atomic E-state index is 0. The highest BCUT2D eigenvalue weighted by atomic mass is 127. The van der Waals surface area contributed by atoms with Gasteiger partial charge in [-0.1, -0.05) is 13.8 Å². The SMILES string of the molecule is CCNC(=NCC1CN(CC(C)C)CCO1)NCCCOCC.I. The molecule has 144 valence electrons. The van der Waals surface area contributed by atoms with Crippen molar-refractivity contribution in [3.8, 4) is 0 Å². The minimum Gasteiger partial charge on any atom is -0.382 e. The molecule has 0 aliphatic carbocycles. The summed E-state index contributed by atoms with van der Waals surface area (Å²) >= 11 is 0. The topological polar surface area (TPSA) is 58.1 Å². The van der Waals surface area contributed by atoms with Gasteiger partial charge < -0.3 is 20.1 Å². The summed E-state index contributed by atoms with van der Waals surface area (Å²) in [6.07, 6.45) is 1.18. The van der Waals surface area contributed by atoms with E-state index in [0.717, 1.165) is 64.9 Å². The van der Waals surface area contributed by atoms with Gasteiger partial charge in [0, 0.05) is 45.9 Å². The number of aliphatic imine (C=N–C) groups is 1. The van der Waals surface area contributed by atoms with Gasteiger partial charge >= 0.3 is 0 Å². The third-order valence-corrected chi connectivity index (χ3v) is 3.61. The van der Waals surface area contributed by atoms with Gasteiger partial charge in [0.1, 0.15) is 0 Å². The van der Waals surface area contributed by atoms with Crippen LogP contribution in [0.5, 0.6) is 0 Å². The molecule has 7 heteroatoms. The second-order valence-electron chi connectivity index (χ2n) is 6.34. The van der Waals surface area contributed by atoms with Gasteiger partial charge in [0.15, 0.2) is 5.96 Å². The Labute approximate surface area is 165 Å². The molecule has 1 atom stereocenters. The summed E-state index contributed by atoms with van der Waals surface area (Å²) in [5, 5.41) is 6.64. The maximum atomic E-state index is 5.85. The molecule has 6 nitrogen and oxygen atoms in total. The van der Waals surface area contributed by atoms with E-state index in [-0.39, 0.29) is 30.1 Å². The number of nitrogens with zero attached hydrogens (tertiary/aromatic N) is 2. The lowest BCUT2D eigenvalue weighted by Gasteiger charge is -2.33. The largest absolute Gasteiger partial charge is 0.382 e. The second kappa shape index (κ2) is 15.2. The lowest BCUT2D eigenvalue weighted by Crippen LogP contribution is -2.46. The summed E-state index contributed by atoms with van der Waals surface area (Å²) < 4.78 is 11.2. The van der Waals surface area contributed by atoms with Crippen LogP contribution in [0.4, 0.5) is 0 Å². The van der Waals surface area contributed by atoms with E-state index in [2.05, 4.69) is 41.3 Å². The van der Waals surface area contributed by atoms with E-state index in [0.29, 0.717) is 12.5 Å². The second-order valence-corrected chi connectivity index (χ2v) is 6.34. The number of guanidine groups is 1. The number of halogens is 1. The average molecular weight is 456 g/mol. The highest BCUT2D eigenvalue weighted by Gasteiger charge is 2.20. The van der Waals surface area contributed by atoms with E-state index in [1.165, 1.54) is 0 Å². The summed E-state index contributed by atoms with van der Waals surface area (Å²) in [5.41, 5.74) is 0. The molecule has 1 fully saturated rings. The molecule has 24 heavy (non-hydrogen) atoms. The third-order valence-electron chi connectivity index (χ3n) is 3.61. The molecule has 0 bridgehead atoms. The maximum Gasteiger partial charge on any atom is 0.191 e. The van der Waals surface area contributed by atoms with Crippen molar-refractivity contribution in [2.75, 3.05) is 59.1 Å². The Kier molecular flexibility index (Phi) is 15.1. The number of nitrogens with one attached hydrogen (secondary N) is 2. The van der Waals surface area contributed by atoms with Gasteiger partial charge in [0.05, 0.1) is 19.3 Å². The molecule has 0 aromatic heterocycles. The molecule has 0 aromatic carbocycles. The molecular formula is C17H37IN4O2. The van der Waals surface area contributed by atoms with E-state index in [1.54, 1.807) is 0 Å². The standard InChI is InChI=1S/C17H36N4O2.HI/c1-5-18-17(19-8-7-10-22-6-2)20-12-16-14-21(9-11-23-16)13-15(3)4;/h15-16H,5-14H2,1-4H3,(H2,18,19,20);1H. The molecule has 1 aliphatic rings. The lowest BCUT2D eigenvalue weighted by molar-refractivity contribution is -0.0261. The number of hydrogen-bond acceptors (Lipinski definition) is 4. The van der Waals surface area contributed by atoms with Crippen molar-refractivity contribution < 1.29 is 9.47 Å². The fourth-order valence-corrected chi connectivity index (χ4v) is 2.63. The first-order valence-electron chi connectivity index (χ1n) is 9.09. The number of hydrogen-bond donors (Lipinski definition) is 2. The molecule has 0 radical (unpaired) electrons. The van der Waals surface area contributed by atoms with Gasteiger partial charge in [-0.05, 0) is 26.2 Å². The van der Waals surface area contributed by atoms with Crippen molar-refractivity contribution >= 4 is 29.9 Å². The van der Waals surface area contributed by atoms with Crippen LogP contribution >= 0.6 is 24.0 Å². The van der Waals surface area contributed by atoms with Crippen LogP contribution < -0.4 is 10.6 Å². The zero-order valence-electron chi connectivity index (χ0n) is 15.8. The summed E-state index contributed by atoms with van der Waals surface area (Å²) in [6, 6.07) is 0. The zero-order chi connectivity index (χ0) is 16.9. The van der Waals surface area contributed by atoms with E-state index in [1.807, 2.05) is 6.92 Å². The van der Waals surface area contributed by atoms with Gasteiger partial charge in [-0.2, -0.15) is 0 Å². The van der Waals surface area contributed by atoms with Gasteiger partial charge in [-0.15, -0.1) is 24.0 Å². The Morgan fingerprint density at radius 3 is 2.79 bits per heavy atom. The first kappa shape index (κ1) is 23.9. The van der Waals surface area contributed by atoms with Crippen molar-refractivity contribution in [1.82, 2.24) is 15.5 Å². The highest BCUT2D eigenvalue weighted by molar-refractivity contribution is 14.0. The monoisotopic (exact) mass is 456 g/mol.